The van der Waals surface area contributed by atoms with Crippen LogP contribution in [0.1, 0.15) is 24.5 Å². The molecule has 0 aliphatic rings. The van der Waals surface area contributed by atoms with Crippen molar-refractivity contribution in [1.29, 1.82) is 0 Å². The molecule has 0 aliphatic heterocycles. The van der Waals surface area contributed by atoms with E-state index < -0.39 is 34.3 Å². The van der Waals surface area contributed by atoms with E-state index >= 15 is 4.39 Å². The quantitative estimate of drug-likeness (QED) is 0.210. The van der Waals surface area contributed by atoms with Gasteiger partial charge in [0.2, 0.25) is 11.8 Å². The molecule has 0 aromatic heterocycles. The number of hydrogen-bond acceptors (Lipinski definition) is 5. The van der Waals surface area contributed by atoms with Crippen molar-refractivity contribution in [2.45, 2.75) is 37.2 Å². The number of rotatable bonds is 14. The molecule has 4 aromatic rings. The van der Waals surface area contributed by atoms with Crippen molar-refractivity contribution in [3.63, 3.8) is 0 Å². The highest BCUT2D eigenvalue weighted by Crippen LogP contribution is 2.27. The molecule has 4 aromatic carbocycles. The van der Waals surface area contributed by atoms with Crippen LogP contribution in [0.3, 0.4) is 0 Å². The Morgan fingerprint density at radius 2 is 1.50 bits per heavy atom. The van der Waals surface area contributed by atoms with Crippen molar-refractivity contribution >= 4 is 27.5 Å². The van der Waals surface area contributed by atoms with Crippen molar-refractivity contribution in [2.24, 2.45) is 0 Å². The van der Waals surface area contributed by atoms with Gasteiger partial charge in [-0.25, -0.2) is 12.8 Å². The molecule has 4 rings (SSSR count). The number of hydrogen-bond donors (Lipinski definition) is 1. The molecule has 230 valence electrons. The molecule has 44 heavy (non-hydrogen) atoms. The average molecular weight is 618 g/mol. The van der Waals surface area contributed by atoms with Gasteiger partial charge < -0.3 is 15.0 Å². The third-order valence-corrected chi connectivity index (χ3v) is 8.81. The minimum Gasteiger partial charge on any atom is -0.497 e. The smallest absolute Gasteiger partial charge is 0.264 e. The number of amides is 2. The number of ether oxygens (including phenoxy) is 1. The van der Waals surface area contributed by atoms with E-state index in [0.29, 0.717) is 24.3 Å². The molecule has 1 atom stereocenters. The van der Waals surface area contributed by atoms with Crippen LogP contribution in [0.2, 0.25) is 0 Å². The molecule has 0 bridgehead atoms. The zero-order valence-electron chi connectivity index (χ0n) is 24.7. The Hall–Kier alpha value is -4.70. The lowest BCUT2D eigenvalue weighted by Gasteiger charge is -2.34. The van der Waals surface area contributed by atoms with E-state index in [2.05, 4.69) is 5.32 Å². The second-order valence-corrected chi connectivity index (χ2v) is 12.0. The fourth-order valence-electron chi connectivity index (χ4n) is 4.77. The Labute approximate surface area is 258 Å². The summed E-state index contributed by atoms with van der Waals surface area (Å²) >= 11 is 0. The Morgan fingerprint density at radius 1 is 0.864 bits per heavy atom. The van der Waals surface area contributed by atoms with Crippen molar-refractivity contribution in [3.8, 4) is 5.75 Å². The number of halogens is 1. The van der Waals surface area contributed by atoms with Gasteiger partial charge in [-0.1, -0.05) is 79.7 Å². The molecular formula is C34H36FN3O5S. The van der Waals surface area contributed by atoms with E-state index in [0.717, 1.165) is 15.9 Å². The van der Waals surface area contributed by atoms with Crippen molar-refractivity contribution < 1.29 is 27.1 Å². The Morgan fingerprint density at radius 3 is 2.16 bits per heavy atom. The number of sulfonamides is 1. The summed E-state index contributed by atoms with van der Waals surface area (Å²) < 4.78 is 49.1. The maximum Gasteiger partial charge on any atom is 0.264 e. The van der Waals surface area contributed by atoms with Crippen LogP contribution in [-0.4, -0.2) is 51.4 Å². The molecule has 0 radical (unpaired) electrons. The minimum atomic E-state index is -4.38. The van der Waals surface area contributed by atoms with E-state index in [1.807, 2.05) is 37.3 Å². The molecule has 0 unspecified atom stereocenters. The summed E-state index contributed by atoms with van der Waals surface area (Å²) in [6.07, 6.45) is 0.862. The first-order valence-electron chi connectivity index (χ1n) is 14.3. The van der Waals surface area contributed by atoms with Gasteiger partial charge in [0, 0.05) is 19.5 Å². The van der Waals surface area contributed by atoms with Crippen molar-refractivity contribution in [3.05, 3.63) is 126 Å². The van der Waals surface area contributed by atoms with Gasteiger partial charge in [0.15, 0.2) is 0 Å². The number of methoxy groups -OCH3 is 1. The van der Waals surface area contributed by atoms with Crippen LogP contribution >= 0.6 is 0 Å². The second kappa shape index (κ2) is 15.2. The van der Waals surface area contributed by atoms with Crippen LogP contribution < -0.4 is 14.4 Å². The molecule has 0 spiro atoms. The summed E-state index contributed by atoms with van der Waals surface area (Å²) in [5.74, 6) is -1.30. The first kappa shape index (κ1) is 32.2. The lowest BCUT2D eigenvalue weighted by Crippen LogP contribution is -2.53. The Bertz CT molecular complexity index is 1650. The molecule has 0 saturated carbocycles. The molecule has 0 fully saturated rings. The number of anilines is 1. The van der Waals surface area contributed by atoms with E-state index in [4.69, 9.17) is 4.74 Å². The van der Waals surface area contributed by atoms with Gasteiger partial charge in [0.1, 0.15) is 24.2 Å². The van der Waals surface area contributed by atoms with Crippen LogP contribution in [0.5, 0.6) is 5.75 Å². The number of para-hydroxylation sites is 1. The topological polar surface area (TPSA) is 96.0 Å². The van der Waals surface area contributed by atoms with Gasteiger partial charge in [0.05, 0.1) is 17.7 Å². The molecule has 0 heterocycles. The lowest BCUT2D eigenvalue weighted by molar-refractivity contribution is -0.140. The van der Waals surface area contributed by atoms with E-state index in [1.165, 1.54) is 42.3 Å². The van der Waals surface area contributed by atoms with E-state index in [9.17, 15) is 18.0 Å². The van der Waals surface area contributed by atoms with Crippen LogP contribution in [-0.2, 0) is 32.6 Å². The van der Waals surface area contributed by atoms with Crippen LogP contribution in [0.25, 0.3) is 0 Å². The molecule has 1 N–H and O–H groups in total. The van der Waals surface area contributed by atoms with E-state index in [-0.39, 0.29) is 29.5 Å². The summed E-state index contributed by atoms with van der Waals surface area (Å²) in [6.45, 7) is 1.56. The van der Waals surface area contributed by atoms with Gasteiger partial charge in [0.25, 0.3) is 10.0 Å². The SMILES string of the molecule is CCCNC(=O)[C@@H](Cc1ccccc1)N(Cc1cccc(OC)c1)C(=O)CN(c1ccccc1F)S(=O)(=O)c1ccccc1. The third-order valence-electron chi connectivity index (χ3n) is 7.04. The molecule has 0 aliphatic carbocycles. The first-order valence-corrected chi connectivity index (χ1v) is 15.7. The maximum absolute atomic E-state index is 15.2. The van der Waals surface area contributed by atoms with Crippen LogP contribution in [0.4, 0.5) is 10.1 Å². The predicted molar refractivity (Wildman–Crippen MR) is 168 cm³/mol. The fourth-order valence-corrected chi connectivity index (χ4v) is 6.22. The van der Waals surface area contributed by atoms with Crippen molar-refractivity contribution in [2.75, 3.05) is 24.5 Å². The number of carbonyl (C=O) groups excluding carboxylic acids is 2. The lowest BCUT2D eigenvalue weighted by atomic mass is 10.0. The standard InChI is InChI=1S/C34H36FN3O5S/c1-3-21-36-34(40)32(23-26-13-6-4-7-14-26)37(24-27-15-12-16-28(22-27)43-2)33(39)25-38(31-20-11-10-19-30(31)35)44(41,42)29-17-8-5-9-18-29/h4-20,22,32H,3,21,23-25H2,1-2H3,(H,36,40)/t32-/m1/s1. The minimum absolute atomic E-state index is 0.0242. The number of carbonyl (C=O) groups is 2. The zero-order chi connectivity index (χ0) is 31.5. The van der Waals surface area contributed by atoms with Gasteiger partial charge in [-0.2, -0.15) is 0 Å². The maximum atomic E-state index is 15.2. The largest absolute Gasteiger partial charge is 0.497 e. The van der Waals surface area contributed by atoms with Crippen molar-refractivity contribution in [1.82, 2.24) is 10.2 Å². The number of nitrogens with zero attached hydrogens (tertiary/aromatic N) is 2. The van der Waals surface area contributed by atoms with E-state index in [1.54, 1.807) is 42.5 Å². The highest BCUT2D eigenvalue weighted by molar-refractivity contribution is 7.92. The summed E-state index contributed by atoms with van der Waals surface area (Å²) in [6, 6.07) is 28.3. The molecule has 8 nitrogen and oxygen atoms in total. The molecule has 0 saturated heterocycles. The highest BCUT2D eigenvalue weighted by Gasteiger charge is 2.35. The fraction of sp³-hybridized carbons (Fsp3) is 0.235. The number of nitrogens with one attached hydrogen (secondary N) is 1. The normalized spacial score (nSPS) is 11.8. The molecule has 2 amide bonds. The Kier molecular flexibility index (Phi) is 11.1. The van der Waals surface area contributed by atoms with Crippen LogP contribution in [0, 0.1) is 5.82 Å². The second-order valence-electron chi connectivity index (χ2n) is 10.1. The summed E-state index contributed by atoms with van der Waals surface area (Å²) in [5.41, 5.74) is 1.21. The summed E-state index contributed by atoms with van der Waals surface area (Å²) in [4.78, 5) is 29.3. The van der Waals surface area contributed by atoms with Gasteiger partial charge in [-0.05, 0) is 53.9 Å². The zero-order valence-corrected chi connectivity index (χ0v) is 25.5. The summed E-state index contributed by atoms with van der Waals surface area (Å²) in [5, 5.41) is 2.90. The number of benzene rings is 4. The van der Waals surface area contributed by atoms with Gasteiger partial charge in [-0.15, -0.1) is 0 Å². The predicted octanol–water partition coefficient (Wildman–Crippen LogP) is 5.20. The monoisotopic (exact) mass is 617 g/mol. The first-order chi connectivity index (χ1) is 21.2. The third kappa shape index (κ3) is 8.02. The van der Waals surface area contributed by atoms with Crippen LogP contribution in [0.15, 0.2) is 114 Å². The summed E-state index contributed by atoms with van der Waals surface area (Å²) in [7, 11) is -2.86. The van der Waals surface area contributed by atoms with Gasteiger partial charge in [-0.3, -0.25) is 13.9 Å². The molecule has 10 heteroatoms. The molecular weight excluding hydrogens is 581 g/mol. The average Bonchev–Trinajstić information content (AvgIpc) is 3.05. The highest BCUT2D eigenvalue weighted by atomic mass is 32.2. The Balaban J connectivity index is 1.81. The van der Waals surface area contributed by atoms with Gasteiger partial charge >= 0.3 is 0 Å².